The van der Waals surface area contributed by atoms with E-state index in [4.69, 9.17) is 0 Å². The molecule has 98 valence electrons. The molecule has 0 aromatic heterocycles. The van der Waals surface area contributed by atoms with Crippen molar-refractivity contribution in [3.05, 3.63) is 11.6 Å². The Kier molecular flexibility index (Phi) is 4.63. The Morgan fingerprint density at radius 3 is 2.88 bits per heavy atom. The molecule has 1 aliphatic carbocycles. The molecular weight excluding hydrogens is 208 g/mol. The van der Waals surface area contributed by atoms with Crippen molar-refractivity contribution in [1.82, 2.24) is 10.2 Å². The predicted molar refractivity (Wildman–Crippen MR) is 74.2 cm³/mol. The molecule has 3 atom stereocenters. The fraction of sp³-hybridized carbons (Fsp3) is 0.867. The summed E-state index contributed by atoms with van der Waals surface area (Å²) < 4.78 is 0. The lowest BCUT2D eigenvalue weighted by molar-refractivity contribution is 0.289. The van der Waals surface area contributed by atoms with Gasteiger partial charge in [0, 0.05) is 12.6 Å². The van der Waals surface area contributed by atoms with E-state index in [-0.39, 0.29) is 0 Å². The first-order chi connectivity index (χ1) is 8.15. The second-order valence-corrected chi connectivity index (χ2v) is 6.23. The first kappa shape index (κ1) is 13.1. The lowest BCUT2D eigenvalue weighted by Crippen LogP contribution is -2.37. The average Bonchev–Trinajstić information content (AvgIpc) is 2.63. The summed E-state index contributed by atoms with van der Waals surface area (Å²) in [6.07, 6.45) is 7.87. The molecule has 0 aromatic rings. The van der Waals surface area contributed by atoms with Gasteiger partial charge >= 0.3 is 0 Å². The molecule has 2 heteroatoms. The largest absolute Gasteiger partial charge is 0.315 e. The van der Waals surface area contributed by atoms with Crippen LogP contribution < -0.4 is 5.32 Å². The summed E-state index contributed by atoms with van der Waals surface area (Å²) in [5.74, 6) is 1.64. The predicted octanol–water partition coefficient (Wildman–Crippen LogP) is 2.66. The third-order valence-corrected chi connectivity index (χ3v) is 4.37. The van der Waals surface area contributed by atoms with E-state index in [1.54, 1.807) is 5.57 Å². The lowest BCUT2D eigenvalue weighted by atomic mass is 9.84. The van der Waals surface area contributed by atoms with E-state index in [2.05, 4.69) is 37.2 Å². The van der Waals surface area contributed by atoms with E-state index in [9.17, 15) is 0 Å². The molecule has 3 unspecified atom stereocenters. The molecular formula is C15H28N2. The Balaban J connectivity index is 1.67. The maximum absolute atomic E-state index is 3.70. The van der Waals surface area contributed by atoms with Crippen LogP contribution in [0.5, 0.6) is 0 Å². The van der Waals surface area contributed by atoms with Crippen molar-refractivity contribution >= 4 is 0 Å². The van der Waals surface area contributed by atoms with Gasteiger partial charge in [-0.1, -0.05) is 18.6 Å². The highest BCUT2D eigenvalue weighted by atomic mass is 15.2. The molecule has 1 fully saturated rings. The highest BCUT2D eigenvalue weighted by molar-refractivity contribution is 5.06. The zero-order valence-electron chi connectivity index (χ0n) is 11.7. The summed E-state index contributed by atoms with van der Waals surface area (Å²) in [4.78, 5) is 2.50. The quantitative estimate of drug-likeness (QED) is 0.755. The molecule has 1 saturated heterocycles. The molecule has 0 spiro atoms. The van der Waals surface area contributed by atoms with Crippen molar-refractivity contribution in [2.75, 3.05) is 26.7 Å². The molecule has 1 heterocycles. The minimum atomic E-state index is 0.782. The molecule has 2 rings (SSSR count). The van der Waals surface area contributed by atoms with Crippen molar-refractivity contribution in [1.29, 1.82) is 0 Å². The second-order valence-electron chi connectivity index (χ2n) is 6.23. The summed E-state index contributed by atoms with van der Waals surface area (Å²) in [6.45, 7) is 8.31. The smallest absolute Gasteiger partial charge is 0.0218 e. The van der Waals surface area contributed by atoms with Gasteiger partial charge in [-0.2, -0.15) is 0 Å². The Hall–Kier alpha value is -0.340. The van der Waals surface area contributed by atoms with Crippen LogP contribution in [-0.4, -0.2) is 37.6 Å². The van der Waals surface area contributed by atoms with Crippen LogP contribution in [-0.2, 0) is 0 Å². The van der Waals surface area contributed by atoms with Gasteiger partial charge in [-0.3, -0.25) is 0 Å². The van der Waals surface area contributed by atoms with E-state index >= 15 is 0 Å². The molecule has 0 saturated carbocycles. The van der Waals surface area contributed by atoms with Gasteiger partial charge < -0.3 is 10.2 Å². The molecule has 0 amide bonds. The minimum absolute atomic E-state index is 0.782. The van der Waals surface area contributed by atoms with Crippen LogP contribution in [0, 0.1) is 11.8 Å². The van der Waals surface area contributed by atoms with E-state index in [1.165, 1.54) is 45.3 Å². The van der Waals surface area contributed by atoms with E-state index in [1.807, 2.05) is 0 Å². The highest BCUT2D eigenvalue weighted by Crippen LogP contribution is 2.27. The monoisotopic (exact) mass is 236 g/mol. The average molecular weight is 236 g/mol. The van der Waals surface area contributed by atoms with Crippen LogP contribution in [0.15, 0.2) is 11.6 Å². The fourth-order valence-corrected chi connectivity index (χ4v) is 3.53. The van der Waals surface area contributed by atoms with Crippen LogP contribution in [0.3, 0.4) is 0 Å². The number of hydrogen-bond acceptors (Lipinski definition) is 2. The first-order valence-electron chi connectivity index (χ1n) is 7.23. The van der Waals surface area contributed by atoms with E-state index < -0.39 is 0 Å². The molecule has 1 N–H and O–H groups in total. The molecule has 2 nitrogen and oxygen atoms in total. The minimum Gasteiger partial charge on any atom is -0.315 e. The van der Waals surface area contributed by atoms with Gasteiger partial charge in [0.15, 0.2) is 0 Å². The van der Waals surface area contributed by atoms with Gasteiger partial charge in [0.1, 0.15) is 0 Å². The number of allylic oxidation sites excluding steroid dienone is 2. The number of likely N-dealkylation sites (tertiary alicyclic amines) is 1. The number of nitrogens with one attached hydrogen (secondary N) is 1. The van der Waals surface area contributed by atoms with Crippen LogP contribution in [0.25, 0.3) is 0 Å². The van der Waals surface area contributed by atoms with Crippen LogP contribution in [0.4, 0.5) is 0 Å². The number of rotatable bonds is 4. The van der Waals surface area contributed by atoms with Crippen molar-refractivity contribution < 1.29 is 0 Å². The van der Waals surface area contributed by atoms with E-state index in [0.717, 1.165) is 17.9 Å². The van der Waals surface area contributed by atoms with Gasteiger partial charge in [-0.05, 0) is 64.6 Å². The Morgan fingerprint density at radius 2 is 2.24 bits per heavy atom. The van der Waals surface area contributed by atoms with E-state index in [0.29, 0.717) is 0 Å². The molecule has 17 heavy (non-hydrogen) atoms. The van der Waals surface area contributed by atoms with Crippen molar-refractivity contribution in [2.45, 2.75) is 45.6 Å². The zero-order chi connectivity index (χ0) is 12.3. The lowest BCUT2D eigenvalue weighted by Gasteiger charge is -2.27. The van der Waals surface area contributed by atoms with Crippen LogP contribution in [0.1, 0.15) is 39.5 Å². The summed E-state index contributed by atoms with van der Waals surface area (Å²) in [5, 5.41) is 3.70. The maximum atomic E-state index is 3.70. The zero-order valence-corrected chi connectivity index (χ0v) is 11.7. The summed E-state index contributed by atoms with van der Waals surface area (Å²) in [5.41, 5.74) is 1.59. The third-order valence-electron chi connectivity index (χ3n) is 4.37. The SMILES string of the molecule is CC1=CC(C)CC(CNCC2CCCN2C)C1. The van der Waals surface area contributed by atoms with Gasteiger partial charge in [0.25, 0.3) is 0 Å². The Labute approximate surface area is 106 Å². The number of hydrogen-bond donors (Lipinski definition) is 1. The summed E-state index contributed by atoms with van der Waals surface area (Å²) in [6, 6.07) is 0.785. The maximum Gasteiger partial charge on any atom is 0.0218 e. The standard InChI is InChI=1S/C15H28N2/c1-12-7-13(2)9-14(8-12)10-16-11-15-5-4-6-17(15)3/h7,12,14-16H,4-6,8-11H2,1-3H3. The van der Waals surface area contributed by atoms with Crippen molar-refractivity contribution in [2.24, 2.45) is 11.8 Å². The Bertz CT molecular complexity index is 272. The van der Waals surface area contributed by atoms with Gasteiger partial charge in [0.05, 0.1) is 0 Å². The first-order valence-corrected chi connectivity index (χ1v) is 7.23. The molecule has 1 aliphatic heterocycles. The number of likely N-dealkylation sites (N-methyl/N-ethyl adjacent to an activating group) is 1. The third kappa shape index (κ3) is 3.82. The Morgan fingerprint density at radius 1 is 1.41 bits per heavy atom. The summed E-state index contributed by atoms with van der Waals surface area (Å²) in [7, 11) is 2.26. The normalized spacial score (nSPS) is 35.0. The summed E-state index contributed by atoms with van der Waals surface area (Å²) >= 11 is 0. The van der Waals surface area contributed by atoms with Crippen molar-refractivity contribution in [3.63, 3.8) is 0 Å². The van der Waals surface area contributed by atoms with Crippen LogP contribution >= 0.6 is 0 Å². The van der Waals surface area contributed by atoms with Gasteiger partial charge in [0.2, 0.25) is 0 Å². The fourth-order valence-electron chi connectivity index (χ4n) is 3.53. The van der Waals surface area contributed by atoms with Gasteiger partial charge in [-0.25, -0.2) is 0 Å². The highest BCUT2D eigenvalue weighted by Gasteiger charge is 2.21. The number of nitrogens with zero attached hydrogens (tertiary/aromatic N) is 1. The molecule has 2 aliphatic rings. The molecule has 0 radical (unpaired) electrons. The van der Waals surface area contributed by atoms with Gasteiger partial charge in [-0.15, -0.1) is 0 Å². The second kappa shape index (κ2) is 6.01. The van der Waals surface area contributed by atoms with Crippen molar-refractivity contribution in [3.8, 4) is 0 Å². The molecule has 0 aromatic carbocycles. The van der Waals surface area contributed by atoms with Crippen LogP contribution in [0.2, 0.25) is 0 Å². The topological polar surface area (TPSA) is 15.3 Å². The molecule has 0 bridgehead atoms.